The van der Waals surface area contributed by atoms with Crippen molar-refractivity contribution in [2.45, 2.75) is 20.0 Å². The first-order valence-corrected chi connectivity index (χ1v) is 10.3. The molecule has 0 bridgehead atoms. The number of nitrogens with zero attached hydrogens (tertiary/aromatic N) is 3. The minimum atomic E-state index is -0.624. The van der Waals surface area contributed by atoms with Crippen molar-refractivity contribution in [1.29, 1.82) is 0 Å². The molecule has 1 amide bonds. The number of methoxy groups -OCH3 is 1. The van der Waals surface area contributed by atoms with Crippen LogP contribution in [0.1, 0.15) is 24.2 Å². The number of aliphatic imine (C=N–C) groups is 1. The van der Waals surface area contributed by atoms with Gasteiger partial charge in [-0.25, -0.2) is 0 Å². The Morgan fingerprint density at radius 3 is 2.52 bits per heavy atom. The zero-order chi connectivity index (χ0) is 21.1. The van der Waals surface area contributed by atoms with E-state index in [0.717, 1.165) is 44.2 Å². The molecule has 2 rings (SSSR count). The third-order valence-corrected chi connectivity index (χ3v) is 4.88. The molecule has 1 atom stereocenters. The summed E-state index contributed by atoms with van der Waals surface area (Å²) in [6, 6.07) is 7.88. The molecule has 3 N–H and O–H groups in total. The highest BCUT2D eigenvalue weighted by Gasteiger charge is 2.21. The van der Waals surface area contributed by atoms with Gasteiger partial charge in [-0.15, -0.1) is 0 Å². The standard InChI is InChI=1S/C21H35N5O3/c1-4-22-21(24-15-19(27)18-7-5-17(2)6-8-18)26-12-10-25(11-13-26)16-20(28)23-9-14-29-3/h5-8,19,27H,4,9-16H2,1-3H3,(H,22,24)(H,23,28). The van der Waals surface area contributed by atoms with E-state index in [2.05, 4.69) is 25.4 Å². The Morgan fingerprint density at radius 1 is 1.21 bits per heavy atom. The molecular formula is C21H35N5O3. The molecule has 0 spiro atoms. The second-order valence-corrected chi connectivity index (χ2v) is 7.23. The lowest BCUT2D eigenvalue weighted by molar-refractivity contribution is -0.122. The Labute approximate surface area is 173 Å². The minimum absolute atomic E-state index is 0.0253. The van der Waals surface area contributed by atoms with Crippen LogP contribution in [0.3, 0.4) is 0 Å². The second-order valence-electron chi connectivity index (χ2n) is 7.23. The van der Waals surface area contributed by atoms with Crippen LogP contribution in [0, 0.1) is 6.92 Å². The van der Waals surface area contributed by atoms with E-state index in [1.165, 1.54) is 5.56 Å². The van der Waals surface area contributed by atoms with Crippen LogP contribution in [0.15, 0.2) is 29.3 Å². The minimum Gasteiger partial charge on any atom is -0.386 e. The highest BCUT2D eigenvalue weighted by Crippen LogP contribution is 2.14. The van der Waals surface area contributed by atoms with Crippen molar-refractivity contribution in [2.75, 3.05) is 66.1 Å². The smallest absolute Gasteiger partial charge is 0.234 e. The maximum absolute atomic E-state index is 12.0. The van der Waals surface area contributed by atoms with Gasteiger partial charge in [-0.1, -0.05) is 29.8 Å². The van der Waals surface area contributed by atoms with Crippen molar-refractivity contribution >= 4 is 11.9 Å². The average molecular weight is 406 g/mol. The van der Waals surface area contributed by atoms with Crippen LogP contribution in [-0.4, -0.2) is 92.8 Å². The fourth-order valence-corrected chi connectivity index (χ4v) is 3.16. The first kappa shape index (κ1) is 23.1. The molecule has 1 unspecified atom stereocenters. The van der Waals surface area contributed by atoms with Gasteiger partial charge in [0.25, 0.3) is 0 Å². The molecule has 162 valence electrons. The van der Waals surface area contributed by atoms with E-state index < -0.39 is 6.10 Å². The van der Waals surface area contributed by atoms with Crippen LogP contribution in [0.2, 0.25) is 0 Å². The van der Waals surface area contributed by atoms with E-state index in [0.29, 0.717) is 26.2 Å². The normalized spacial score (nSPS) is 16.6. The van der Waals surface area contributed by atoms with E-state index in [4.69, 9.17) is 4.74 Å². The van der Waals surface area contributed by atoms with Crippen molar-refractivity contribution in [3.8, 4) is 0 Å². The van der Waals surface area contributed by atoms with Crippen LogP contribution >= 0.6 is 0 Å². The third-order valence-electron chi connectivity index (χ3n) is 4.88. The predicted octanol–water partition coefficient (Wildman–Crippen LogP) is 0.374. The number of carbonyl (C=O) groups excluding carboxylic acids is 1. The fourth-order valence-electron chi connectivity index (χ4n) is 3.16. The average Bonchev–Trinajstić information content (AvgIpc) is 2.72. The van der Waals surface area contributed by atoms with Gasteiger partial charge in [-0.3, -0.25) is 14.7 Å². The molecule has 0 aromatic heterocycles. The molecule has 1 aliphatic rings. The van der Waals surface area contributed by atoms with E-state index in [-0.39, 0.29) is 5.91 Å². The van der Waals surface area contributed by atoms with Gasteiger partial charge in [0.05, 0.1) is 25.8 Å². The summed E-state index contributed by atoms with van der Waals surface area (Å²) in [7, 11) is 1.62. The van der Waals surface area contributed by atoms with Crippen molar-refractivity contribution < 1.29 is 14.6 Å². The topological polar surface area (TPSA) is 89.4 Å². The number of nitrogens with one attached hydrogen (secondary N) is 2. The number of carbonyl (C=O) groups is 1. The molecule has 29 heavy (non-hydrogen) atoms. The highest BCUT2D eigenvalue weighted by molar-refractivity contribution is 5.80. The maximum atomic E-state index is 12.0. The predicted molar refractivity (Wildman–Crippen MR) is 115 cm³/mol. The zero-order valence-electron chi connectivity index (χ0n) is 17.9. The van der Waals surface area contributed by atoms with Crippen LogP contribution in [-0.2, 0) is 9.53 Å². The SMILES string of the molecule is CCNC(=NCC(O)c1ccc(C)cc1)N1CCN(CC(=O)NCCOC)CC1. The summed E-state index contributed by atoms with van der Waals surface area (Å²) < 4.78 is 4.95. The summed E-state index contributed by atoms with van der Waals surface area (Å²) in [4.78, 5) is 20.9. The van der Waals surface area contributed by atoms with Crippen molar-refractivity contribution in [3.63, 3.8) is 0 Å². The summed E-state index contributed by atoms with van der Waals surface area (Å²) in [6.45, 7) is 9.77. The number of hydrogen-bond acceptors (Lipinski definition) is 5. The Balaban J connectivity index is 1.84. The summed E-state index contributed by atoms with van der Waals surface area (Å²) >= 11 is 0. The van der Waals surface area contributed by atoms with Crippen LogP contribution in [0.5, 0.6) is 0 Å². The summed E-state index contributed by atoms with van der Waals surface area (Å²) in [5, 5.41) is 16.6. The molecule has 1 fully saturated rings. The van der Waals surface area contributed by atoms with Gasteiger partial charge in [0.2, 0.25) is 5.91 Å². The number of aliphatic hydroxyl groups is 1. The Bertz CT molecular complexity index is 642. The van der Waals surface area contributed by atoms with E-state index in [1.807, 2.05) is 38.1 Å². The first-order chi connectivity index (χ1) is 14.0. The number of hydrogen-bond donors (Lipinski definition) is 3. The molecule has 8 heteroatoms. The molecule has 0 aliphatic carbocycles. The van der Waals surface area contributed by atoms with Gasteiger partial charge >= 0.3 is 0 Å². The van der Waals surface area contributed by atoms with Gasteiger partial charge in [0, 0.05) is 46.4 Å². The van der Waals surface area contributed by atoms with Crippen LogP contribution in [0.4, 0.5) is 0 Å². The molecule has 1 aliphatic heterocycles. The second kappa shape index (κ2) is 12.4. The van der Waals surface area contributed by atoms with Gasteiger partial charge in [0.15, 0.2) is 5.96 Å². The summed E-state index contributed by atoms with van der Waals surface area (Å²) in [5.74, 6) is 0.833. The van der Waals surface area contributed by atoms with Gasteiger partial charge < -0.3 is 25.4 Å². The Hall–Kier alpha value is -2.16. The molecule has 0 radical (unpaired) electrons. The molecular weight excluding hydrogens is 370 g/mol. The number of amides is 1. The maximum Gasteiger partial charge on any atom is 0.234 e. The molecule has 1 aromatic rings. The van der Waals surface area contributed by atoms with Crippen molar-refractivity contribution in [3.05, 3.63) is 35.4 Å². The summed E-state index contributed by atoms with van der Waals surface area (Å²) in [5.41, 5.74) is 2.04. The van der Waals surface area contributed by atoms with Crippen molar-refractivity contribution in [1.82, 2.24) is 20.4 Å². The molecule has 1 saturated heterocycles. The Morgan fingerprint density at radius 2 is 1.90 bits per heavy atom. The largest absolute Gasteiger partial charge is 0.386 e. The lowest BCUT2D eigenvalue weighted by atomic mass is 10.1. The zero-order valence-corrected chi connectivity index (χ0v) is 17.9. The number of rotatable bonds is 9. The number of aryl methyl sites for hydroxylation is 1. The summed E-state index contributed by atoms with van der Waals surface area (Å²) in [6.07, 6.45) is -0.624. The number of piperazine rings is 1. The molecule has 8 nitrogen and oxygen atoms in total. The fraction of sp³-hybridized carbons (Fsp3) is 0.619. The van der Waals surface area contributed by atoms with Gasteiger partial charge in [0.1, 0.15) is 0 Å². The van der Waals surface area contributed by atoms with Crippen molar-refractivity contribution in [2.24, 2.45) is 4.99 Å². The van der Waals surface area contributed by atoms with E-state index >= 15 is 0 Å². The third kappa shape index (κ3) is 8.00. The first-order valence-electron chi connectivity index (χ1n) is 10.3. The number of ether oxygens (including phenoxy) is 1. The number of benzene rings is 1. The lowest BCUT2D eigenvalue weighted by Gasteiger charge is -2.36. The highest BCUT2D eigenvalue weighted by atomic mass is 16.5. The molecule has 0 saturated carbocycles. The van der Waals surface area contributed by atoms with Crippen LogP contribution < -0.4 is 10.6 Å². The van der Waals surface area contributed by atoms with E-state index in [1.54, 1.807) is 7.11 Å². The number of aliphatic hydroxyl groups excluding tert-OH is 1. The van der Waals surface area contributed by atoms with Gasteiger partial charge in [-0.2, -0.15) is 0 Å². The van der Waals surface area contributed by atoms with Gasteiger partial charge in [-0.05, 0) is 19.4 Å². The quantitative estimate of drug-likeness (QED) is 0.313. The molecule has 1 heterocycles. The molecule has 1 aromatic carbocycles. The van der Waals surface area contributed by atoms with E-state index in [9.17, 15) is 9.90 Å². The lowest BCUT2D eigenvalue weighted by Crippen LogP contribution is -2.54. The number of guanidine groups is 1. The monoisotopic (exact) mass is 405 g/mol. The Kier molecular flexibility index (Phi) is 9.90. The van der Waals surface area contributed by atoms with Crippen LogP contribution in [0.25, 0.3) is 0 Å².